The molecule has 0 unspecified atom stereocenters. The highest BCUT2D eigenvalue weighted by Gasteiger charge is 2.38. The quantitative estimate of drug-likeness (QED) is 0.603. The fraction of sp³-hybridized carbons (Fsp3) is 0.520. The Hall–Kier alpha value is -2.34. The van der Waals surface area contributed by atoms with E-state index >= 15 is 0 Å². The van der Waals surface area contributed by atoms with Gasteiger partial charge in [0.05, 0.1) is 6.04 Å². The second-order valence-electron chi connectivity index (χ2n) is 8.73. The minimum atomic E-state index is -0.128. The molecule has 166 valence electrons. The van der Waals surface area contributed by atoms with Crippen molar-refractivity contribution in [2.75, 3.05) is 19.7 Å². The molecule has 2 aliphatic rings. The molecule has 0 spiro atoms. The number of thiophene rings is 1. The van der Waals surface area contributed by atoms with E-state index in [4.69, 9.17) is 4.74 Å². The first-order valence-corrected chi connectivity index (χ1v) is 12.2. The van der Waals surface area contributed by atoms with E-state index in [1.54, 1.807) is 11.3 Å². The molecule has 31 heavy (non-hydrogen) atoms. The molecule has 2 heterocycles. The summed E-state index contributed by atoms with van der Waals surface area (Å²) < 4.78 is 6.18. The second kappa shape index (κ2) is 9.43. The van der Waals surface area contributed by atoms with Crippen LogP contribution >= 0.6 is 11.3 Å². The van der Waals surface area contributed by atoms with Crippen molar-refractivity contribution in [3.63, 3.8) is 0 Å². The van der Waals surface area contributed by atoms with Gasteiger partial charge in [-0.2, -0.15) is 0 Å². The summed E-state index contributed by atoms with van der Waals surface area (Å²) >= 11 is 1.75. The average molecular weight is 441 g/mol. The van der Waals surface area contributed by atoms with E-state index in [0.717, 1.165) is 37.0 Å². The maximum atomic E-state index is 13.5. The zero-order valence-corrected chi connectivity index (χ0v) is 19.5. The van der Waals surface area contributed by atoms with Crippen LogP contribution in [0.3, 0.4) is 0 Å². The lowest BCUT2D eigenvalue weighted by molar-refractivity contribution is -0.145. The molecule has 1 aromatic carbocycles. The molecule has 2 atom stereocenters. The summed E-state index contributed by atoms with van der Waals surface area (Å²) in [6, 6.07) is 10.0. The van der Waals surface area contributed by atoms with Crippen molar-refractivity contribution in [1.29, 1.82) is 0 Å². The molecular weight excluding hydrogens is 408 g/mol. The van der Waals surface area contributed by atoms with Crippen LogP contribution in [0.1, 0.15) is 55.2 Å². The van der Waals surface area contributed by atoms with Crippen LogP contribution in [-0.2, 0) is 16.0 Å². The van der Waals surface area contributed by atoms with Gasteiger partial charge in [-0.05, 0) is 68.2 Å². The van der Waals surface area contributed by atoms with Gasteiger partial charge in [0, 0.05) is 23.4 Å². The summed E-state index contributed by atoms with van der Waals surface area (Å²) in [7, 11) is 0. The van der Waals surface area contributed by atoms with Gasteiger partial charge in [0.2, 0.25) is 11.8 Å². The first-order chi connectivity index (χ1) is 15.0. The van der Waals surface area contributed by atoms with Gasteiger partial charge in [0.1, 0.15) is 18.9 Å². The van der Waals surface area contributed by atoms with Crippen molar-refractivity contribution in [3.8, 4) is 5.75 Å². The molecule has 1 fully saturated rings. The predicted molar refractivity (Wildman–Crippen MR) is 123 cm³/mol. The number of aryl methyl sites for hydroxylation is 1. The Morgan fingerprint density at radius 3 is 2.74 bits per heavy atom. The Morgan fingerprint density at radius 2 is 2.03 bits per heavy atom. The largest absolute Gasteiger partial charge is 0.491 e. The van der Waals surface area contributed by atoms with Crippen molar-refractivity contribution in [3.05, 3.63) is 51.7 Å². The van der Waals surface area contributed by atoms with E-state index in [9.17, 15) is 9.59 Å². The summed E-state index contributed by atoms with van der Waals surface area (Å²) in [5.41, 5.74) is 2.27. The predicted octanol–water partition coefficient (Wildman–Crippen LogP) is 4.60. The van der Waals surface area contributed by atoms with Crippen molar-refractivity contribution in [2.24, 2.45) is 5.92 Å². The van der Waals surface area contributed by atoms with Crippen LogP contribution in [0.25, 0.3) is 0 Å². The maximum absolute atomic E-state index is 13.5. The molecule has 0 radical (unpaired) electrons. The highest BCUT2D eigenvalue weighted by atomic mass is 32.1. The van der Waals surface area contributed by atoms with Crippen molar-refractivity contribution in [1.82, 2.24) is 9.80 Å². The number of rotatable bonds is 8. The molecule has 0 N–H and O–H groups in total. The first kappa shape index (κ1) is 21.9. The third-order valence-electron chi connectivity index (χ3n) is 6.54. The SMILES string of the molecule is CC[C@H](C)N(CC(=O)N1CCc2sccc2[C@@H]1COc1ccccc1C)C(=O)C1CC1. The van der Waals surface area contributed by atoms with Crippen LogP contribution < -0.4 is 4.74 Å². The van der Waals surface area contributed by atoms with Crippen molar-refractivity contribution >= 4 is 23.2 Å². The Labute approximate surface area is 189 Å². The Balaban J connectivity index is 1.52. The van der Waals surface area contributed by atoms with E-state index < -0.39 is 0 Å². The van der Waals surface area contributed by atoms with Crippen LogP contribution in [-0.4, -0.2) is 47.4 Å². The minimum Gasteiger partial charge on any atom is -0.491 e. The Bertz CT molecular complexity index is 936. The fourth-order valence-corrected chi connectivity index (χ4v) is 5.16. The van der Waals surface area contributed by atoms with Gasteiger partial charge in [0.25, 0.3) is 0 Å². The summed E-state index contributed by atoms with van der Waals surface area (Å²) in [4.78, 5) is 31.4. The molecule has 2 amide bonds. The number of nitrogens with zero attached hydrogens (tertiary/aromatic N) is 2. The summed E-state index contributed by atoms with van der Waals surface area (Å²) in [5, 5.41) is 2.10. The molecule has 5 nitrogen and oxygen atoms in total. The molecule has 0 bridgehead atoms. The number of hydrogen-bond donors (Lipinski definition) is 0. The van der Waals surface area contributed by atoms with Gasteiger partial charge in [-0.3, -0.25) is 9.59 Å². The van der Waals surface area contributed by atoms with E-state index in [1.807, 2.05) is 47.9 Å². The molecule has 1 saturated carbocycles. The topological polar surface area (TPSA) is 49.9 Å². The van der Waals surface area contributed by atoms with E-state index in [1.165, 1.54) is 10.4 Å². The van der Waals surface area contributed by atoms with Crippen LogP contribution in [0.15, 0.2) is 35.7 Å². The van der Waals surface area contributed by atoms with Crippen LogP contribution in [0.2, 0.25) is 0 Å². The van der Waals surface area contributed by atoms with Crippen LogP contribution in [0, 0.1) is 12.8 Å². The molecular formula is C25H32N2O3S. The van der Waals surface area contributed by atoms with Gasteiger partial charge < -0.3 is 14.5 Å². The smallest absolute Gasteiger partial charge is 0.242 e. The molecule has 0 saturated heterocycles. The number of carbonyl (C=O) groups excluding carboxylic acids is 2. The molecule has 2 aromatic rings. The van der Waals surface area contributed by atoms with Gasteiger partial charge in [0.15, 0.2) is 0 Å². The summed E-state index contributed by atoms with van der Waals surface area (Å²) in [6.07, 6.45) is 3.61. The number of ether oxygens (including phenoxy) is 1. The summed E-state index contributed by atoms with van der Waals surface area (Å²) in [6.45, 7) is 7.38. The molecule has 1 aliphatic carbocycles. The molecule has 4 rings (SSSR count). The molecule has 1 aliphatic heterocycles. The Kier molecular flexibility index (Phi) is 6.65. The van der Waals surface area contributed by atoms with E-state index in [0.29, 0.717) is 13.2 Å². The number of benzene rings is 1. The number of amides is 2. The molecule has 6 heteroatoms. The number of hydrogen-bond acceptors (Lipinski definition) is 4. The third-order valence-corrected chi connectivity index (χ3v) is 7.54. The highest BCUT2D eigenvalue weighted by molar-refractivity contribution is 7.10. The molecule has 1 aromatic heterocycles. The number of carbonyl (C=O) groups is 2. The normalized spacial score (nSPS) is 18.9. The monoisotopic (exact) mass is 440 g/mol. The standard InChI is InChI=1S/C25H32N2O3S/c1-4-18(3)27(25(29)19-9-10-19)15-24(28)26-13-11-23-20(12-14-31-23)21(26)16-30-22-8-6-5-7-17(22)2/h5-8,12,14,18-19,21H,4,9-11,13,15-16H2,1-3H3/t18-,21-/m0/s1. The van der Waals surface area contributed by atoms with Gasteiger partial charge in [-0.15, -0.1) is 11.3 Å². The lowest BCUT2D eigenvalue weighted by atomic mass is 10.00. The van der Waals surface area contributed by atoms with Crippen LogP contribution in [0.5, 0.6) is 5.75 Å². The van der Waals surface area contributed by atoms with E-state index in [-0.39, 0.29) is 36.4 Å². The van der Waals surface area contributed by atoms with Gasteiger partial charge >= 0.3 is 0 Å². The van der Waals surface area contributed by atoms with Crippen LogP contribution in [0.4, 0.5) is 0 Å². The average Bonchev–Trinajstić information content (AvgIpc) is 3.52. The zero-order chi connectivity index (χ0) is 22.0. The van der Waals surface area contributed by atoms with Gasteiger partial charge in [-0.1, -0.05) is 25.1 Å². The van der Waals surface area contributed by atoms with Gasteiger partial charge in [-0.25, -0.2) is 0 Å². The number of fused-ring (bicyclic) bond motifs is 1. The first-order valence-electron chi connectivity index (χ1n) is 11.3. The zero-order valence-electron chi connectivity index (χ0n) is 18.7. The lowest BCUT2D eigenvalue weighted by Gasteiger charge is -2.38. The Morgan fingerprint density at radius 1 is 1.26 bits per heavy atom. The lowest BCUT2D eigenvalue weighted by Crippen LogP contribution is -2.50. The highest BCUT2D eigenvalue weighted by Crippen LogP contribution is 2.35. The second-order valence-corrected chi connectivity index (χ2v) is 9.73. The maximum Gasteiger partial charge on any atom is 0.242 e. The van der Waals surface area contributed by atoms with Crippen molar-refractivity contribution in [2.45, 2.75) is 58.5 Å². The van der Waals surface area contributed by atoms with E-state index in [2.05, 4.69) is 18.4 Å². The summed E-state index contributed by atoms with van der Waals surface area (Å²) in [5.74, 6) is 1.13. The third kappa shape index (κ3) is 4.79. The number of para-hydroxylation sites is 1. The minimum absolute atomic E-state index is 0.0181. The van der Waals surface area contributed by atoms with Crippen molar-refractivity contribution < 1.29 is 14.3 Å². The fourth-order valence-electron chi connectivity index (χ4n) is 4.23.